The lowest BCUT2D eigenvalue weighted by atomic mass is 9.84. The van der Waals surface area contributed by atoms with Gasteiger partial charge in [-0.15, -0.1) is 24.8 Å². The minimum absolute atomic E-state index is 0. The third kappa shape index (κ3) is 8.31. The zero-order valence-electron chi connectivity index (χ0n) is 14.3. The number of amides is 1. The zero-order valence-corrected chi connectivity index (χ0v) is 16.0. The summed E-state index contributed by atoms with van der Waals surface area (Å²) < 4.78 is 51.7. The van der Waals surface area contributed by atoms with Crippen LogP contribution in [0.1, 0.15) is 64.2 Å². The van der Waals surface area contributed by atoms with Crippen molar-refractivity contribution in [1.82, 2.24) is 0 Å². The SMILES string of the molecule is Cl.Cl.NC(=O)C(F)(F)C1CCCCC1.NCC(F)(F)C1CCCCC1. The first-order valence-corrected chi connectivity index (χ1v) is 8.47. The van der Waals surface area contributed by atoms with E-state index in [0.29, 0.717) is 25.7 Å². The maximum Gasteiger partial charge on any atom is 0.327 e. The van der Waals surface area contributed by atoms with Gasteiger partial charge in [0.25, 0.3) is 11.8 Å². The standard InChI is InChI=1S/C8H13F2NO.C8H15F2N.2ClH/c9-8(10,7(11)12)6-4-2-1-3-5-6;9-8(10,6-11)7-4-2-1-3-5-7;;/h6H,1-5H2,(H2,11,12);7H,1-6,11H2;2*1H. The molecule has 2 rings (SSSR count). The Bertz CT molecular complexity index is 375. The predicted molar refractivity (Wildman–Crippen MR) is 95.8 cm³/mol. The van der Waals surface area contributed by atoms with Gasteiger partial charge in [-0.25, -0.2) is 8.78 Å². The van der Waals surface area contributed by atoms with E-state index >= 15 is 0 Å². The fourth-order valence-electron chi connectivity index (χ4n) is 3.36. The van der Waals surface area contributed by atoms with E-state index in [0.717, 1.165) is 38.5 Å². The van der Waals surface area contributed by atoms with Crippen LogP contribution in [0.3, 0.4) is 0 Å². The lowest BCUT2D eigenvalue weighted by Gasteiger charge is -2.28. The molecule has 9 heteroatoms. The molecule has 0 spiro atoms. The average molecular weight is 413 g/mol. The van der Waals surface area contributed by atoms with E-state index in [1.807, 2.05) is 0 Å². The Hall–Kier alpha value is -0.270. The number of nitrogens with two attached hydrogens (primary N) is 2. The summed E-state index contributed by atoms with van der Waals surface area (Å²) in [5.74, 6) is -8.64. The first-order valence-electron chi connectivity index (χ1n) is 8.47. The van der Waals surface area contributed by atoms with Crippen molar-refractivity contribution >= 4 is 30.7 Å². The highest BCUT2D eigenvalue weighted by atomic mass is 35.5. The number of rotatable bonds is 4. The molecule has 0 aromatic carbocycles. The summed E-state index contributed by atoms with van der Waals surface area (Å²) in [7, 11) is 0. The minimum Gasteiger partial charge on any atom is -0.364 e. The van der Waals surface area contributed by atoms with Crippen molar-refractivity contribution in [3.05, 3.63) is 0 Å². The number of halogens is 6. The Balaban J connectivity index is 0. The molecule has 0 aromatic heterocycles. The molecule has 0 heterocycles. The van der Waals surface area contributed by atoms with Crippen LogP contribution in [-0.2, 0) is 4.79 Å². The number of hydrogen-bond donors (Lipinski definition) is 2. The van der Waals surface area contributed by atoms with Gasteiger partial charge in [0.1, 0.15) is 0 Å². The second-order valence-electron chi connectivity index (χ2n) is 6.62. The molecule has 0 aromatic rings. The first kappa shape index (κ1) is 27.0. The highest BCUT2D eigenvalue weighted by Crippen LogP contribution is 2.36. The van der Waals surface area contributed by atoms with Crippen LogP contribution in [0.25, 0.3) is 0 Å². The summed E-state index contributed by atoms with van der Waals surface area (Å²) in [6, 6.07) is 0. The maximum absolute atomic E-state index is 13.0. The molecule has 25 heavy (non-hydrogen) atoms. The molecular formula is C16H30Cl2F4N2O. The molecule has 4 N–H and O–H groups in total. The van der Waals surface area contributed by atoms with Crippen LogP contribution >= 0.6 is 24.8 Å². The van der Waals surface area contributed by atoms with E-state index in [-0.39, 0.29) is 24.8 Å². The van der Waals surface area contributed by atoms with Gasteiger partial charge in [-0.1, -0.05) is 38.5 Å². The van der Waals surface area contributed by atoms with Gasteiger partial charge in [-0.05, 0) is 25.7 Å². The summed E-state index contributed by atoms with van der Waals surface area (Å²) in [5.41, 5.74) is 9.60. The first-order chi connectivity index (χ1) is 10.7. The van der Waals surface area contributed by atoms with Crippen LogP contribution in [0.2, 0.25) is 0 Å². The van der Waals surface area contributed by atoms with Gasteiger partial charge in [0.2, 0.25) is 0 Å². The van der Waals surface area contributed by atoms with Crippen molar-refractivity contribution in [2.45, 2.75) is 76.1 Å². The van der Waals surface area contributed by atoms with Crippen LogP contribution < -0.4 is 11.5 Å². The molecule has 3 nitrogen and oxygen atoms in total. The molecule has 2 aliphatic rings. The van der Waals surface area contributed by atoms with Crippen molar-refractivity contribution in [3.8, 4) is 0 Å². The third-order valence-electron chi connectivity index (χ3n) is 4.92. The average Bonchev–Trinajstić information content (AvgIpc) is 2.57. The van der Waals surface area contributed by atoms with Crippen molar-refractivity contribution in [2.24, 2.45) is 23.3 Å². The van der Waals surface area contributed by atoms with Crippen molar-refractivity contribution in [1.29, 1.82) is 0 Å². The molecule has 0 radical (unpaired) electrons. The molecule has 1 amide bonds. The molecular weight excluding hydrogens is 383 g/mol. The van der Waals surface area contributed by atoms with Crippen LogP contribution in [0.15, 0.2) is 0 Å². The molecule has 2 saturated carbocycles. The molecule has 2 aliphatic carbocycles. The quantitative estimate of drug-likeness (QED) is 0.657. The van der Waals surface area contributed by atoms with Crippen LogP contribution in [0.5, 0.6) is 0 Å². The van der Waals surface area contributed by atoms with E-state index in [9.17, 15) is 22.4 Å². The van der Waals surface area contributed by atoms with Gasteiger partial charge in [-0.3, -0.25) is 4.79 Å². The van der Waals surface area contributed by atoms with Gasteiger partial charge < -0.3 is 11.5 Å². The summed E-state index contributed by atoms with van der Waals surface area (Å²) in [6.07, 6.45) is 7.73. The third-order valence-corrected chi connectivity index (χ3v) is 4.92. The molecule has 2 fully saturated rings. The number of alkyl halides is 4. The molecule has 0 atom stereocenters. The summed E-state index contributed by atoms with van der Waals surface area (Å²) >= 11 is 0. The van der Waals surface area contributed by atoms with Gasteiger partial charge in [0, 0.05) is 11.8 Å². The molecule has 0 aliphatic heterocycles. The van der Waals surface area contributed by atoms with E-state index < -0.39 is 36.1 Å². The number of primary amides is 1. The molecule has 152 valence electrons. The maximum atomic E-state index is 13.0. The van der Waals surface area contributed by atoms with Gasteiger partial charge in [-0.2, -0.15) is 8.78 Å². The number of hydrogen-bond acceptors (Lipinski definition) is 2. The lowest BCUT2D eigenvalue weighted by Crippen LogP contribution is -2.43. The van der Waals surface area contributed by atoms with E-state index in [1.54, 1.807) is 0 Å². The van der Waals surface area contributed by atoms with Gasteiger partial charge in [0.15, 0.2) is 0 Å². The predicted octanol–water partition coefficient (Wildman–Crippen LogP) is 4.69. The van der Waals surface area contributed by atoms with Crippen LogP contribution in [0.4, 0.5) is 17.6 Å². The molecule has 0 saturated heterocycles. The number of carbonyl (C=O) groups is 1. The fraction of sp³-hybridized carbons (Fsp3) is 0.938. The Morgan fingerprint density at radius 2 is 1.16 bits per heavy atom. The second kappa shape index (κ2) is 12.2. The zero-order chi connectivity index (χ0) is 17.5. The monoisotopic (exact) mass is 412 g/mol. The molecule has 0 bridgehead atoms. The molecule has 0 unspecified atom stereocenters. The Kier molecular flexibility index (Phi) is 13.1. The summed E-state index contributed by atoms with van der Waals surface area (Å²) in [6.45, 7) is -0.488. The van der Waals surface area contributed by atoms with E-state index in [2.05, 4.69) is 5.73 Å². The van der Waals surface area contributed by atoms with Crippen LogP contribution in [0, 0.1) is 11.8 Å². The Morgan fingerprint density at radius 1 is 0.800 bits per heavy atom. The van der Waals surface area contributed by atoms with Crippen molar-refractivity contribution < 1.29 is 22.4 Å². The Morgan fingerprint density at radius 3 is 1.48 bits per heavy atom. The normalized spacial score (nSPS) is 19.7. The second-order valence-corrected chi connectivity index (χ2v) is 6.62. The van der Waals surface area contributed by atoms with E-state index in [1.165, 1.54) is 0 Å². The van der Waals surface area contributed by atoms with Gasteiger partial charge >= 0.3 is 5.92 Å². The highest BCUT2D eigenvalue weighted by molar-refractivity contribution is 5.85. The largest absolute Gasteiger partial charge is 0.364 e. The minimum atomic E-state index is -3.29. The Labute approximate surface area is 159 Å². The lowest BCUT2D eigenvalue weighted by molar-refractivity contribution is -0.152. The van der Waals surface area contributed by atoms with Crippen LogP contribution in [-0.4, -0.2) is 24.3 Å². The van der Waals surface area contributed by atoms with E-state index in [4.69, 9.17) is 5.73 Å². The smallest absolute Gasteiger partial charge is 0.327 e. The fourth-order valence-corrected chi connectivity index (χ4v) is 3.36. The van der Waals surface area contributed by atoms with Crippen molar-refractivity contribution in [2.75, 3.05) is 6.54 Å². The topological polar surface area (TPSA) is 69.1 Å². The van der Waals surface area contributed by atoms with Crippen molar-refractivity contribution in [3.63, 3.8) is 0 Å². The number of carbonyl (C=O) groups excluding carboxylic acids is 1. The summed E-state index contributed by atoms with van der Waals surface area (Å²) in [5, 5.41) is 0. The highest BCUT2D eigenvalue weighted by Gasteiger charge is 2.45. The summed E-state index contributed by atoms with van der Waals surface area (Å²) in [4.78, 5) is 10.4. The van der Waals surface area contributed by atoms with Gasteiger partial charge in [0.05, 0.1) is 6.54 Å².